The largest absolute Gasteiger partial charge is 0.326 e. The average molecular weight is 278 g/mol. The van der Waals surface area contributed by atoms with Gasteiger partial charge in [-0.1, -0.05) is 43.7 Å². The van der Waals surface area contributed by atoms with E-state index in [0.29, 0.717) is 12.0 Å². The number of carbonyl (C=O) groups excluding carboxylic acids is 1. The van der Waals surface area contributed by atoms with Crippen LogP contribution in [-0.2, 0) is 4.79 Å². The SMILES string of the molecule is CCCCC(=O)Nc1ccc(-c2ccccc2C#N)cc1. The van der Waals surface area contributed by atoms with E-state index in [1.165, 1.54) is 0 Å². The molecule has 106 valence electrons. The summed E-state index contributed by atoms with van der Waals surface area (Å²) in [6.45, 7) is 2.06. The number of carbonyl (C=O) groups is 1. The number of anilines is 1. The molecule has 3 nitrogen and oxygen atoms in total. The third kappa shape index (κ3) is 3.93. The van der Waals surface area contributed by atoms with Gasteiger partial charge in [0.25, 0.3) is 0 Å². The summed E-state index contributed by atoms with van der Waals surface area (Å²) in [5.74, 6) is 0.0435. The zero-order chi connectivity index (χ0) is 15.1. The van der Waals surface area contributed by atoms with Crippen LogP contribution in [-0.4, -0.2) is 5.91 Å². The Morgan fingerprint density at radius 2 is 1.86 bits per heavy atom. The number of benzene rings is 2. The Bertz CT molecular complexity index is 654. The molecule has 2 rings (SSSR count). The molecule has 0 saturated carbocycles. The van der Waals surface area contributed by atoms with E-state index in [-0.39, 0.29) is 5.91 Å². The zero-order valence-corrected chi connectivity index (χ0v) is 12.1. The van der Waals surface area contributed by atoms with Crippen molar-refractivity contribution in [1.82, 2.24) is 0 Å². The summed E-state index contributed by atoms with van der Waals surface area (Å²) in [6.07, 6.45) is 2.46. The molecule has 0 unspecified atom stereocenters. The molecule has 21 heavy (non-hydrogen) atoms. The third-order valence-electron chi connectivity index (χ3n) is 3.28. The minimum Gasteiger partial charge on any atom is -0.326 e. The monoisotopic (exact) mass is 278 g/mol. The molecule has 2 aromatic rings. The van der Waals surface area contributed by atoms with Crippen LogP contribution in [0.15, 0.2) is 48.5 Å². The Hall–Kier alpha value is -2.60. The van der Waals surface area contributed by atoms with Gasteiger partial charge in [0.15, 0.2) is 0 Å². The summed E-state index contributed by atoms with van der Waals surface area (Å²) < 4.78 is 0. The summed E-state index contributed by atoms with van der Waals surface area (Å²) in [6, 6.07) is 17.3. The van der Waals surface area contributed by atoms with Crippen LogP contribution in [0.25, 0.3) is 11.1 Å². The second-order valence-electron chi connectivity index (χ2n) is 4.89. The maximum absolute atomic E-state index is 11.7. The molecule has 1 N–H and O–H groups in total. The van der Waals surface area contributed by atoms with Crippen molar-refractivity contribution in [2.45, 2.75) is 26.2 Å². The zero-order valence-electron chi connectivity index (χ0n) is 12.1. The van der Waals surface area contributed by atoms with Gasteiger partial charge in [0, 0.05) is 12.1 Å². The van der Waals surface area contributed by atoms with Crippen LogP contribution < -0.4 is 5.32 Å². The second kappa shape index (κ2) is 7.25. The van der Waals surface area contributed by atoms with Crippen molar-refractivity contribution in [3.05, 3.63) is 54.1 Å². The van der Waals surface area contributed by atoms with E-state index >= 15 is 0 Å². The van der Waals surface area contributed by atoms with E-state index in [1.807, 2.05) is 42.5 Å². The highest BCUT2D eigenvalue weighted by molar-refractivity contribution is 5.91. The Morgan fingerprint density at radius 3 is 2.52 bits per heavy atom. The minimum atomic E-state index is 0.0435. The lowest BCUT2D eigenvalue weighted by atomic mass is 10.0. The number of hydrogen-bond acceptors (Lipinski definition) is 2. The molecule has 0 bridgehead atoms. The van der Waals surface area contributed by atoms with Gasteiger partial charge in [-0.05, 0) is 35.7 Å². The van der Waals surface area contributed by atoms with E-state index in [2.05, 4.69) is 18.3 Å². The highest BCUT2D eigenvalue weighted by Gasteiger charge is 2.05. The Labute approximate surface area is 125 Å². The minimum absolute atomic E-state index is 0.0435. The smallest absolute Gasteiger partial charge is 0.224 e. The van der Waals surface area contributed by atoms with E-state index < -0.39 is 0 Å². The number of unbranched alkanes of at least 4 members (excludes halogenated alkanes) is 1. The van der Waals surface area contributed by atoms with Crippen LogP contribution in [0, 0.1) is 11.3 Å². The van der Waals surface area contributed by atoms with Crippen LogP contribution in [0.3, 0.4) is 0 Å². The molecule has 0 aliphatic carbocycles. The second-order valence-corrected chi connectivity index (χ2v) is 4.89. The van der Waals surface area contributed by atoms with E-state index in [1.54, 1.807) is 6.07 Å². The Morgan fingerprint density at radius 1 is 1.14 bits per heavy atom. The number of hydrogen-bond donors (Lipinski definition) is 1. The number of amides is 1. The average Bonchev–Trinajstić information content (AvgIpc) is 2.53. The van der Waals surface area contributed by atoms with E-state index in [9.17, 15) is 4.79 Å². The molecule has 3 heteroatoms. The first-order chi connectivity index (χ1) is 10.2. The van der Waals surface area contributed by atoms with Crippen LogP contribution in [0.2, 0.25) is 0 Å². The van der Waals surface area contributed by atoms with Gasteiger partial charge >= 0.3 is 0 Å². The lowest BCUT2D eigenvalue weighted by Gasteiger charge is -2.07. The number of nitrogens with zero attached hydrogens (tertiary/aromatic N) is 1. The molecule has 0 radical (unpaired) electrons. The first-order valence-electron chi connectivity index (χ1n) is 7.14. The fourth-order valence-corrected chi connectivity index (χ4v) is 2.13. The molecule has 0 aromatic heterocycles. The molecule has 0 saturated heterocycles. The summed E-state index contributed by atoms with van der Waals surface area (Å²) in [4.78, 5) is 11.7. The quantitative estimate of drug-likeness (QED) is 0.883. The van der Waals surface area contributed by atoms with Crippen molar-refractivity contribution in [2.24, 2.45) is 0 Å². The summed E-state index contributed by atoms with van der Waals surface area (Å²) >= 11 is 0. The van der Waals surface area contributed by atoms with Crippen molar-refractivity contribution in [3.8, 4) is 17.2 Å². The van der Waals surface area contributed by atoms with Gasteiger partial charge in [-0.2, -0.15) is 5.26 Å². The summed E-state index contributed by atoms with van der Waals surface area (Å²) in [5, 5.41) is 12.0. The van der Waals surface area contributed by atoms with E-state index in [0.717, 1.165) is 29.7 Å². The normalized spacial score (nSPS) is 9.90. The predicted molar refractivity (Wildman–Crippen MR) is 84.7 cm³/mol. The van der Waals surface area contributed by atoms with Gasteiger partial charge in [-0.3, -0.25) is 4.79 Å². The van der Waals surface area contributed by atoms with Crippen molar-refractivity contribution in [3.63, 3.8) is 0 Å². The first-order valence-corrected chi connectivity index (χ1v) is 7.14. The fourth-order valence-electron chi connectivity index (χ4n) is 2.13. The topological polar surface area (TPSA) is 52.9 Å². The van der Waals surface area contributed by atoms with Gasteiger partial charge < -0.3 is 5.32 Å². The van der Waals surface area contributed by atoms with Crippen molar-refractivity contribution >= 4 is 11.6 Å². The van der Waals surface area contributed by atoms with Crippen molar-refractivity contribution in [1.29, 1.82) is 5.26 Å². The molecule has 0 spiro atoms. The third-order valence-corrected chi connectivity index (χ3v) is 3.28. The predicted octanol–water partition coefficient (Wildman–Crippen LogP) is 4.35. The number of nitrogens with one attached hydrogen (secondary N) is 1. The van der Waals surface area contributed by atoms with Crippen LogP contribution in [0.5, 0.6) is 0 Å². The fraction of sp³-hybridized carbons (Fsp3) is 0.222. The molecule has 0 fully saturated rings. The van der Waals surface area contributed by atoms with Gasteiger partial charge in [0.05, 0.1) is 11.6 Å². The van der Waals surface area contributed by atoms with Crippen LogP contribution >= 0.6 is 0 Å². The van der Waals surface area contributed by atoms with Crippen LogP contribution in [0.4, 0.5) is 5.69 Å². The first kappa shape index (κ1) is 14.8. The molecule has 0 heterocycles. The number of nitriles is 1. The van der Waals surface area contributed by atoms with Crippen LogP contribution in [0.1, 0.15) is 31.7 Å². The molecule has 1 amide bonds. The van der Waals surface area contributed by atoms with Gasteiger partial charge in [0.1, 0.15) is 0 Å². The molecule has 0 aliphatic rings. The molecule has 0 aliphatic heterocycles. The maximum Gasteiger partial charge on any atom is 0.224 e. The highest BCUT2D eigenvalue weighted by Crippen LogP contribution is 2.24. The maximum atomic E-state index is 11.7. The lowest BCUT2D eigenvalue weighted by Crippen LogP contribution is -2.10. The molecule has 0 atom stereocenters. The molecular weight excluding hydrogens is 260 g/mol. The Kier molecular flexibility index (Phi) is 5.11. The highest BCUT2D eigenvalue weighted by atomic mass is 16.1. The van der Waals surface area contributed by atoms with Gasteiger partial charge in [0.2, 0.25) is 5.91 Å². The van der Waals surface area contributed by atoms with Gasteiger partial charge in [-0.15, -0.1) is 0 Å². The van der Waals surface area contributed by atoms with Gasteiger partial charge in [-0.25, -0.2) is 0 Å². The number of rotatable bonds is 5. The lowest BCUT2D eigenvalue weighted by molar-refractivity contribution is -0.116. The summed E-state index contributed by atoms with van der Waals surface area (Å²) in [5.41, 5.74) is 3.31. The van der Waals surface area contributed by atoms with Crippen molar-refractivity contribution in [2.75, 3.05) is 5.32 Å². The molecule has 2 aromatic carbocycles. The van der Waals surface area contributed by atoms with E-state index in [4.69, 9.17) is 5.26 Å². The summed E-state index contributed by atoms with van der Waals surface area (Å²) in [7, 11) is 0. The van der Waals surface area contributed by atoms with Crippen molar-refractivity contribution < 1.29 is 4.79 Å². The Balaban J connectivity index is 2.12. The molecular formula is C18H18N2O. The standard InChI is InChI=1S/C18H18N2O/c1-2-3-8-18(21)20-16-11-9-14(10-12-16)17-7-5-4-6-15(17)13-19/h4-7,9-12H,2-3,8H2,1H3,(H,20,21).